The Morgan fingerprint density at radius 3 is 2.30 bits per heavy atom. The van der Waals surface area contributed by atoms with Crippen LogP contribution >= 0.6 is 0 Å². The number of nitrogens with two attached hydrogens (primary N) is 1. The molecule has 0 spiro atoms. The Morgan fingerprint density at radius 2 is 1.83 bits per heavy atom. The second kappa shape index (κ2) is 8.28. The molecule has 1 rings (SSSR count). The van der Waals surface area contributed by atoms with E-state index in [9.17, 15) is 14.4 Å². The summed E-state index contributed by atoms with van der Waals surface area (Å²) in [7, 11) is 0. The van der Waals surface area contributed by atoms with Crippen molar-refractivity contribution in [2.24, 2.45) is 17.6 Å². The van der Waals surface area contributed by atoms with E-state index in [0.717, 1.165) is 5.56 Å². The van der Waals surface area contributed by atoms with Crippen molar-refractivity contribution in [1.82, 2.24) is 5.32 Å². The molecule has 0 saturated carbocycles. The summed E-state index contributed by atoms with van der Waals surface area (Å²) in [5, 5.41) is 15.4. The third-order valence-electron chi connectivity index (χ3n) is 3.57. The summed E-state index contributed by atoms with van der Waals surface area (Å²) in [6.45, 7) is 3.29. The molecule has 0 aromatic heterocycles. The molecule has 3 atom stereocenters. The van der Waals surface area contributed by atoms with Crippen molar-refractivity contribution in [3.05, 3.63) is 35.9 Å². The smallest absolute Gasteiger partial charge is 0.326 e. The van der Waals surface area contributed by atoms with Gasteiger partial charge in [-0.2, -0.15) is 0 Å². The molecular weight excluding hydrogens is 300 g/mol. The van der Waals surface area contributed by atoms with Gasteiger partial charge in [-0.05, 0) is 17.9 Å². The van der Waals surface area contributed by atoms with Gasteiger partial charge in [-0.15, -0.1) is 0 Å². The molecule has 0 heterocycles. The molecule has 7 nitrogen and oxygen atoms in total. The van der Waals surface area contributed by atoms with Gasteiger partial charge in [0.1, 0.15) is 6.04 Å². The predicted molar refractivity (Wildman–Crippen MR) is 83.7 cm³/mol. The van der Waals surface area contributed by atoms with Gasteiger partial charge in [0.15, 0.2) is 0 Å². The minimum Gasteiger partial charge on any atom is -0.481 e. The van der Waals surface area contributed by atoms with E-state index in [1.807, 2.05) is 0 Å². The average Bonchev–Trinajstić information content (AvgIpc) is 2.56. The van der Waals surface area contributed by atoms with Crippen LogP contribution in [-0.4, -0.2) is 40.1 Å². The third-order valence-corrected chi connectivity index (χ3v) is 3.57. The van der Waals surface area contributed by atoms with Gasteiger partial charge in [-0.25, -0.2) is 4.79 Å². The van der Waals surface area contributed by atoms with E-state index in [1.165, 1.54) is 0 Å². The van der Waals surface area contributed by atoms with Gasteiger partial charge in [0.2, 0.25) is 5.91 Å². The zero-order valence-electron chi connectivity index (χ0n) is 14.1. The van der Waals surface area contributed by atoms with Gasteiger partial charge in [0.25, 0.3) is 1.43 Å². The van der Waals surface area contributed by atoms with Crippen LogP contribution in [0, 0.1) is 11.8 Å². The molecule has 0 saturated heterocycles. The standard InChI is InChI=1S/C16H22N2O5/c1-9(2)13(16(22)23)18-14(19)12(17)11(15(20)21)8-10-6-4-3-5-7-10/h3-7,9,11-13H,8,17H2,1-2H3,(H,18,19)(H,20,21)(H,22,23)/t11?,12-,13-/m0/s1/i/hD. The van der Waals surface area contributed by atoms with Crippen LogP contribution < -0.4 is 11.1 Å². The van der Waals surface area contributed by atoms with Crippen LogP contribution in [-0.2, 0) is 20.8 Å². The van der Waals surface area contributed by atoms with Gasteiger partial charge in [0.05, 0.1) is 12.0 Å². The highest BCUT2D eigenvalue weighted by atomic mass is 16.4. The summed E-state index contributed by atoms with van der Waals surface area (Å²) < 4.78 is 6.79. The lowest BCUT2D eigenvalue weighted by Gasteiger charge is -2.23. The zero-order chi connectivity index (χ0) is 18.3. The Kier molecular flexibility index (Phi) is 6.10. The number of nitrogens with one attached hydrogen (secondary N) is 1. The normalized spacial score (nSPS) is 15.2. The molecule has 23 heavy (non-hydrogen) atoms. The van der Waals surface area contributed by atoms with Crippen LogP contribution in [0.3, 0.4) is 0 Å². The van der Waals surface area contributed by atoms with E-state index in [-0.39, 0.29) is 12.3 Å². The van der Waals surface area contributed by atoms with Gasteiger partial charge < -0.3 is 21.3 Å². The number of rotatable bonds is 8. The van der Waals surface area contributed by atoms with Crippen molar-refractivity contribution in [2.45, 2.75) is 32.4 Å². The predicted octanol–water partition coefficient (Wildman–Crippen LogP) is 0.483. The number of benzene rings is 1. The van der Waals surface area contributed by atoms with Crippen molar-refractivity contribution < 1.29 is 24.6 Å². The fraction of sp³-hybridized carbons (Fsp3) is 0.438. The van der Waals surface area contributed by atoms with E-state index in [4.69, 9.17) is 12.3 Å². The third kappa shape index (κ3) is 5.37. The van der Waals surface area contributed by atoms with E-state index in [2.05, 4.69) is 10.4 Å². The van der Waals surface area contributed by atoms with E-state index >= 15 is 0 Å². The molecule has 0 aliphatic carbocycles. The molecule has 5 N–H and O–H groups in total. The van der Waals surface area contributed by atoms with Crippen LogP contribution in [0.5, 0.6) is 0 Å². The molecule has 1 amide bonds. The number of carboxylic acid groups (broad SMARTS) is 2. The summed E-state index contributed by atoms with van der Waals surface area (Å²) >= 11 is 0. The summed E-state index contributed by atoms with van der Waals surface area (Å²) in [5.74, 6) is -4.35. The summed E-state index contributed by atoms with van der Waals surface area (Å²) in [4.78, 5) is 35.2. The number of hydrogen-bond donors (Lipinski definition) is 4. The van der Waals surface area contributed by atoms with Crippen molar-refractivity contribution in [3.8, 4) is 0 Å². The highest BCUT2D eigenvalue weighted by Gasteiger charge is 2.33. The molecule has 0 radical (unpaired) electrons. The fourth-order valence-corrected chi connectivity index (χ4v) is 2.17. The maximum absolute atomic E-state index is 12.2. The lowest BCUT2D eigenvalue weighted by atomic mass is 9.91. The Hall–Kier alpha value is -2.41. The van der Waals surface area contributed by atoms with Crippen molar-refractivity contribution in [2.75, 3.05) is 0 Å². The Morgan fingerprint density at radius 1 is 1.22 bits per heavy atom. The molecule has 1 aromatic rings. The Balaban J connectivity index is 2.91. The van der Waals surface area contributed by atoms with Gasteiger partial charge in [-0.1, -0.05) is 44.2 Å². The highest BCUT2D eigenvalue weighted by Crippen LogP contribution is 2.13. The van der Waals surface area contributed by atoms with E-state index in [1.54, 1.807) is 44.2 Å². The maximum atomic E-state index is 12.2. The molecule has 0 aliphatic rings. The SMILES string of the molecule is [2H]OC(=O)C(Cc1ccccc1)[C@H](N)C(=O)N[C@H](C(=O)O)C(C)C. The molecule has 126 valence electrons. The van der Waals surface area contributed by atoms with Crippen molar-refractivity contribution in [1.29, 1.82) is 1.43 Å². The number of carboxylic acids is 2. The minimum atomic E-state index is -1.33. The van der Waals surface area contributed by atoms with Gasteiger partial charge >= 0.3 is 11.9 Å². The summed E-state index contributed by atoms with van der Waals surface area (Å²) in [6, 6.07) is 6.39. The molecular formula is C16H22N2O5. The van der Waals surface area contributed by atoms with Gasteiger partial charge in [0, 0.05) is 0 Å². The van der Waals surface area contributed by atoms with Crippen LogP contribution in [0.1, 0.15) is 19.4 Å². The second-order valence-corrected chi connectivity index (χ2v) is 5.71. The number of amides is 1. The number of carbonyl (C=O) groups excluding carboxylic acids is 1. The van der Waals surface area contributed by atoms with Gasteiger partial charge in [-0.3, -0.25) is 9.59 Å². The number of aliphatic carboxylic acids is 2. The molecule has 1 aromatic carbocycles. The Labute approximate surface area is 136 Å². The van der Waals surface area contributed by atoms with Crippen LogP contribution in [0.25, 0.3) is 1.43 Å². The lowest BCUT2D eigenvalue weighted by molar-refractivity contribution is -0.146. The quantitative estimate of drug-likeness (QED) is 0.550. The molecule has 0 fully saturated rings. The van der Waals surface area contributed by atoms with Crippen LogP contribution in [0.4, 0.5) is 0 Å². The summed E-state index contributed by atoms with van der Waals surface area (Å²) in [5.41, 5.74) is 6.59. The van der Waals surface area contributed by atoms with Crippen molar-refractivity contribution >= 4 is 17.8 Å². The fourth-order valence-electron chi connectivity index (χ4n) is 2.17. The largest absolute Gasteiger partial charge is 0.481 e. The summed E-state index contributed by atoms with van der Waals surface area (Å²) in [6.07, 6.45) is 0.104. The molecule has 0 bridgehead atoms. The zero-order valence-corrected chi connectivity index (χ0v) is 13.1. The van der Waals surface area contributed by atoms with E-state index < -0.39 is 35.8 Å². The first-order valence-electron chi connectivity index (χ1n) is 7.68. The highest BCUT2D eigenvalue weighted by molar-refractivity contribution is 5.90. The first-order chi connectivity index (χ1) is 11.3. The monoisotopic (exact) mass is 323 g/mol. The minimum absolute atomic E-state index is 0.104. The lowest BCUT2D eigenvalue weighted by Crippen LogP contribution is -2.54. The van der Waals surface area contributed by atoms with E-state index in [0.29, 0.717) is 0 Å². The first kappa shape index (κ1) is 17.0. The molecule has 1 unspecified atom stereocenters. The van der Waals surface area contributed by atoms with Crippen molar-refractivity contribution in [3.63, 3.8) is 0 Å². The number of carbonyl (C=O) groups is 3. The van der Waals surface area contributed by atoms with Crippen LogP contribution in [0.2, 0.25) is 0 Å². The maximum Gasteiger partial charge on any atom is 0.326 e. The topological polar surface area (TPSA) is 130 Å². The first-order valence-corrected chi connectivity index (χ1v) is 7.27. The average molecular weight is 323 g/mol. The Bertz CT molecular complexity index is 579. The second-order valence-electron chi connectivity index (χ2n) is 5.71. The molecule has 0 aliphatic heterocycles. The molecule has 7 heteroatoms. The number of hydrogen-bond acceptors (Lipinski definition) is 5. The van der Waals surface area contributed by atoms with Crippen LogP contribution in [0.15, 0.2) is 30.3 Å².